The van der Waals surface area contributed by atoms with E-state index in [0.717, 1.165) is 25.2 Å². The molecule has 7 nitrogen and oxygen atoms in total. The normalized spacial score (nSPS) is 17.0. The first-order chi connectivity index (χ1) is 11.2. The number of hydrogen-bond acceptors (Lipinski definition) is 5. The number of carbonyl (C=O) groups is 1. The lowest BCUT2D eigenvalue weighted by atomic mass is 10.2. The fraction of sp³-hybridized carbons (Fsp3) is 0.375. The van der Waals surface area contributed by atoms with Crippen LogP contribution in [0.4, 0.5) is 5.82 Å². The molecule has 1 N–H and O–H groups in total. The minimum atomic E-state index is -0.113. The molecule has 0 saturated carbocycles. The van der Waals surface area contributed by atoms with Crippen LogP contribution in [0.1, 0.15) is 28.8 Å². The number of nitrogens with zero attached hydrogens (tertiary/aromatic N) is 5. The Bertz CT molecular complexity index is 730. The Balaban J connectivity index is 1.62. The minimum Gasteiger partial charge on any atom is -0.352 e. The number of nitriles is 1. The molecular formula is C16H18N6O. The van der Waals surface area contributed by atoms with Gasteiger partial charge in [0, 0.05) is 38.6 Å². The molecule has 3 rings (SSSR count). The Hall–Kier alpha value is -2.88. The van der Waals surface area contributed by atoms with E-state index < -0.39 is 0 Å². The van der Waals surface area contributed by atoms with Gasteiger partial charge in [0.2, 0.25) is 0 Å². The molecule has 3 heterocycles. The Labute approximate surface area is 134 Å². The zero-order chi connectivity index (χ0) is 16.2. The van der Waals surface area contributed by atoms with Crippen LogP contribution in [0.25, 0.3) is 0 Å². The molecule has 23 heavy (non-hydrogen) atoms. The average Bonchev–Trinajstić information content (AvgIpc) is 3.21. The van der Waals surface area contributed by atoms with E-state index in [1.165, 1.54) is 0 Å². The van der Waals surface area contributed by atoms with Crippen LogP contribution in [0.15, 0.2) is 30.7 Å². The molecule has 1 aliphatic heterocycles. The third kappa shape index (κ3) is 3.31. The quantitative estimate of drug-likeness (QED) is 0.913. The topological polar surface area (TPSA) is 86.8 Å². The Morgan fingerprint density at radius 3 is 3.00 bits per heavy atom. The summed E-state index contributed by atoms with van der Waals surface area (Å²) in [5, 5.41) is 15.8. The first-order valence-electron chi connectivity index (χ1n) is 7.57. The highest BCUT2D eigenvalue weighted by Crippen LogP contribution is 2.23. The van der Waals surface area contributed by atoms with Crippen LogP contribution in [-0.2, 0) is 7.05 Å². The summed E-state index contributed by atoms with van der Waals surface area (Å²) in [7, 11) is 1.78. The number of amides is 1. The maximum Gasteiger partial charge on any atom is 0.254 e. The molecule has 118 valence electrons. The van der Waals surface area contributed by atoms with Crippen LogP contribution in [0.3, 0.4) is 0 Å². The number of pyridine rings is 1. The summed E-state index contributed by atoms with van der Waals surface area (Å²) in [5.41, 5.74) is 1.11. The third-order valence-electron chi connectivity index (χ3n) is 4.01. The van der Waals surface area contributed by atoms with Crippen molar-refractivity contribution in [1.29, 1.82) is 5.26 Å². The summed E-state index contributed by atoms with van der Waals surface area (Å²) in [6.07, 6.45) is 6.91. The van der Waals surface area contributed by atoms with Crippen molar-refractivity contribution in [2.24, 2.45) is 7.05 Å². The van der Waals surface area contributed by atoms with Crippen LogP contribution in [0, 0.1) is 11.3 Å². The first kappa shape index (κ1) is 15.0. The second-order valence-corrected chi connectivity index (χ2v) is 5.62. The molecular weight excluding hydrogens is 292 g/mol. The number of aromatic nitrogens is 3. The van der Waals surface area contributed by atoms with Gasteiger partial charge in [0.25, 0.3) is 5.91 Å². The molecule has 2 aromatic heterocycles. The third-order valence-corrected chi connectivity index (χ3v) is 4.01. The highest BCUT2D eigenvalue weighted by molar-refractivity contribution is 5.93. The predicted molar refractivity (Wildman–Crippen MR) is 84.9 cm³/mol. The minimum absolute atomic E-state index is 0.113. The zero-order valence-electron chi connectivity index (χ0n) is 12.9. The molecule has 0 aliphatic carbocycles. The van der Waals surface area contributed by atoms with E-state index in [4.69, 9.17) is 5.26 Å². The lowest BCUT2D eigenvalue weighted by Crippen LogP contribution is -2.40. The molecule has 7 heteroatoms. The summed E-state index contributed by atoms with van der Waals surface area (Å²) in [5.74, 6) is 0.736. The second-order valence-electron chi connectivity index (χ2n) is 5.62. The molecule has 1 atom stereocenters. The van der Waals surface area contributed by atoms with Crippen LogP contribution >= 0.6 is 0 Å². The van der Waals surface area contributed by atoms with Crippen molar-refractivity contribution in [1.82, 2.24) is 20.1 Å². The number of nitrogens with one attached hydrogen (secondary N) is 1. The van der Waals surface area contributed by atoms with E-state index in [1.54, 1.807) is 36.4 Å². The van der Waals surface area contributed by atoms with Crippen molar-refractivity contribution in [3.05, 3.63) is 41.9 Å². The van der Waals surface area contributed by atoms with Crippen LogP contribution in [0.5, 0.6) is 0 Å². The molecule has 0 spiro atoms. The molecule has 0 aromatic carbocycles. The van der Waals surface area contributed by atoms with Gasteiger partial charge in [0.05, 0.1) is 17.3 Å². The standard InChI is InChI=1S/C16H18N6O/c1-21-11-13(9-20-21)16(23)19-10-14-3-2-6-22(14)15-5-4-12(7-17)8-18-15/h4-5,8-9,11,14H,2-3,6,10H2,1H3,(H,19,23)/t14-/m0/s1. The van der Waals surface area contributed by atoms with E-state index in [2.05, 4.69) is 26.4 Å². The van der Waals surface area contributed by atoms with Crippen molar-refractivity contribution < 1.29 is 4.79 Å². The maximum absolute atomic E-state index is 12.1. The van der Waals surface area contributed by atoms with Gasteiger partial charge in [-0.3, -0.25) is 9.48 Å². The van der Waals surface area contributed by atoms with E-state index in [1.807, 2.05) is 6.07 Å². The summed E-state index contributed by atoms with van der Waals surface area (Å²) in [6, 6.07) is 5.92. The SMILES string of the molecule is Cn1cc(C(=O)NC[C@@H]2CCCN2c2ccc(C#N)cn2)cn1. The first-order valence-corrected chi connectivity index (χ1v) is 7.57. The van der Waals surface area contributed by atoms with E-state index in [9.17, 15) is 4.79 Å². The van der Waals surface area contributed by atoms with Crippen LogP contribution in [0.2, 0.25) is 0 Å². The smallest absolute Gasteiger partial charge is 0.254 e. The van der Waals surface area contributed by atoms with Crippen LogP contribution < -0.4 is 10.2 Å². The highest BCUT2D eigenvalue weighted by Gasteiger charge is 2.26. The zero-order valence-corrected chi connectivity index (χ0v) is 12.9. The van der Waals surface area contributed by atoms with Gasteiger partial charge in [0.1, 0.15) is 11.9 Å². The van der Waals surface area contributed by atoms with Crippen molar-refractivity contribution in [2.75, 3.05) is 18.0 Å². The Morgan fingerprint density at radius 1 is 1.48 bits per heavy atom. The van der Waals surface area contributed by atoms with Gasteiger partial charge in [-0.1, -0.05) is 0 Å². The van der Waals surface area contributed by atoms with Crippen molar-refractivity contribution >= 4 is 11.7 Å². The monoisotopic (exact) mass is 310 g/mol. The molecule has 0 unspecified atom stereocenters. The number of anilines is 1. The largest absolute Gasteiger partial charge is 0.352 e. The lowest BCUT2D eigenvalue weighted by Gasteiger charge is -2.25. The fourth-order valence-electron chi connectivity index (χ4n) is 2.82. The molecule has 0 bridgehead atoms. The molecule has 1 amide bonds. The Morgan fingerprint density at radius 2 is 2.35 bits per heavy atom. The number of aryl methyl sites for hydroxylation is 1. The number of hydrogen-bond donors (Lipinski definition) is 1. The molecule has 1 fully saturated rings. The van der Waals surface area contributed by atoms with Crippen molar-refractivity contribution in [3.63, 3.8) is 0 Å². The molecule has 1 saturated heterocycles. The van der Waals surface area contributed by atoms with Gasteiger partial charge in [-0.2, -0.15) is 10.4 Å². The highest BCUT2D eigenvalue weighted by atomic mass is 16.1. The summed E-state index contributed by atoms with van der Waals surface area (Å²) < 4.78 is 1.61. The summed E-state index contributed by atoms with van der Waals surface area (Å²) in [6.45, 7) is 1.47. The van der Waals surface area contributed by atoms with Gasteiger partial charge in [-0.25, -0.2) is 4.98 Å². The van der Waals surface area contributed by atoms with Gasteiger partial charge < -0.3 is 10.2 Å². The van der Waals surface area contributed by atoms with Gasteiger partial charge >= 0.3 is 0 Å². The summed E-state index contributed by atoms with van der Waals surface area (Å²) in [4.78, 5) is 18.6. The molecule has 1 aliphatic rings. The van der Waals surface area contributed by atoms with Gasteiger partial charge in [-0.15, -0.1) is 0 Å². The van der Waals surface area contributed by atoms with E-state index >= 15 is 0 Å². The van der Waals surface area contributed by atoms with Crippen molar-refractivity contribution in [3.8, 4) is 6.07 Å². The van der Waals surface area contributed by atoms with Crippen LogP contribution in [-0.4, -0.2) is 39.8 Å². The second kappa shape index (κ2) is 6.48. The lowest BCUT2D eigenvalue weighted by molar-refractivity contribution is 0.0951. The molecule has 2 aromatic rings. The van der Waals surface area contributed by atoms with Crippen molar-refractivity contribution in [2.45, 2.75) is 18.9 Å². The average molecular weight is 310 g/mol. The molecule has 0 radical (unpaired) electrons. The maximum atomic E-state index is 12.1. The van der Waals surface area contributed by atoms with E-state index in [-0.39, 0.29) is 11.9 Å². The number of rotatable bonds is 4. The predicted octanol–water partition coefficient (Wildman–Crippen LogP) is 1.09. The number of carbonyl (C=O) groups excluding carboxylic acids is 1. The van der Waals surface area contributed by atoms with Gasteiger partial charge in [-0.05, 0) is 25.0 Å². The Kier molecular flexibility index (Phi) is 4.24. The fourth-order valence-corrected chi connectivity index (χ4v) is 2.82. The summed E-state index contributed by atoms with van der Waals surface area (Å²) >= 11 is 0. The van der Waals surface area contributed by atoms with E-state index in [0.29, 0.717) is 17.7 Å². The van der Waals surface area contributed by atoms with Gasteiger partial charge in [0.15, 0.2) is 0 Å².